The highest BCUT2D eigenvalue weighted by molar-refractivity contribution is 5.91. The summed E-state index contributed by atoms with van der Waals surface area (Å²) >= 11 is 0. The van der Waals surface area contributed by atoms with Crippen LogP contribution in [0.25, 0.3) is 0 Å². The van der Waals surface area contributed by atoms with Crippen molar-refractivity contribution >= 4 is 11.9 Å². The average Bonchev–Trinajstić information content (AvgIpc) is 3.20. The maximum absolute atomic E-state index is 13.4. The number of esters is 1. The number of amides is 1. The molecule has 5 nitrogen and oxygen atoms in total. The SMILES string of the molecule is C[N+]1(CC(=O)OCc2cc(F)cc(F)c2)CC[C@@H](C(C(N)=O)(c2ccccc2)c2ccccc2)C1. The van der Waals surface area contributed by atoms with Crippen molar-refractivity contribution in [3.63, 3.8) is 0 Å². The maximum Gasteiger partial charge on any atom is 0.362 e. The summed E-state index contributed by atoms with van der Waals surface area (Å²) in [5.74, 6) is -2.48. The van der Waals surface area contributed by atoms with E-state index in [1.807, 2.05) is 67.7 Å². The minimum atomic E-state index is -1.04. The Morgan fingerprint density at radius 3 is 2.03 bits per heavy atom. The van der Waals surface area contributed by atoms with Gasteiger partial charge in [0.15, 0.2) is 6.54 Å². The van der Waals surface area contributed by atoms with Crippen molar-refractivity contribution in [2.75, 3.05) is 26.7 Å². The maximum atomic E-state index is 13.4. The number of nitrogens with two attached hydrogens (primary N) is 1. The van der Waals surface area contributed by atoms with Gasteiger partial charge in [-0.05, 0) is 28.8 Å². The first-order chi connectivity index (χ1) is 16.7. The summed E-state index contributed by atoms with van der Waals surface area (Å²) in [6.07, 6.45) is 0.686. The van der Waals surface area contributed by atoms with Crippen LogP contribution in [-0.4, -0.2) is 43.0 Å². The van der Waals surface area contributed by atoms with Gasteiger partial charge in [-0.15, -0.1) is 0 Å². The van der Waals surface area contributed by atoms with Crippen molar-refractivity contribution < 1.29 is 27.6 Å². The van der Waals surface area contributed by atoms with Gasteiger partial charge in [0, 0.05) is 18.4 Å². The molecule has 0 radical (unpaired) electrons. The van der Waals surface area contributed by atoms with E-state index in [0.29, 0.717) is 24.0 Å². The summed E-state index contributed by atoms with van der Waals surface area (Å²) in [5.41, 5.74) is 7.01. The molecule has 1 heterocycles. The molecule has 1 aliphatic rings. The summed E-state index contributed by atoms with van der Waals surface area (Å²) in [6.45, 7) is 1.06. The Labute approximate surface area is 203 Å². The van der Waals surface area contributed by atoms with Crippen LogP contribution in [0.1, 0.15) is 23.1 Å². The van der Waals surface area contributed by atoms with Crippen molar-refractivity contribution in [1.29, 1.82) is 0 Å². The van der Waals surface area contributed by atoms with E-state index in [9.17, 15) is 18.4 Å². The number of nitrogens with zero attached hydrogens (tertiary/aromatic N) is 1. The highest BCUT2D eigenvalue weighted by Gasteiger charge is 2.53. The third kappa shape index (κ3) is 5.10. The first kappa shape index (κ1) is 24.5. The molecule has 1 amide bonds. The first-order valence-electron chi connectivity index (χ1n) is 11.6. The Morgan fingerprint density at radius 1 is 0.971 bits per heavy atom. The molecule has 35 heavy (non-hydrogen) atoms. The summed E-state index contributed by atoms with van der Waals surface area (Å²) < 4.78 is 32.5. The second-order valence-corrected chi connectivity index (χ2v) is 9.51. The summed E-state index contributed by atoms with van der Waals surface area (Å²) in [5, 5.41) is 0. The third-order valence-electron chi connectivity index (χ3n) is 6.97. The summed E-state index contributed by atoms with van der Waals surface area (Å²) in [4.78, 5) is 25.9. The van der Waals surface area contributed by atoms with Crippen LogP contribution in [0.15, 0.2) is 78.9 Å². The van der Waals surface area contributed by atoms with Gasteiger partial charge in [0.25, 0.3) is 0 Å². The molecule has 0 aliphatic carbocycles. The zero-order valence-corrected chi connectivity index (χ0v) is 19.6. The highest BCUT2D eigenvalue weighted by atomic mass is 19.1. The molecule has 2 atom stereocenters. The largest absolute Gasteiger partial charge is 0.457 e. The minimum Gasteiger partial charge on any atom is -0.457 e. The predicted octanol–water partition coefficient (Wildman–Crippen LogP) is 3.95. The van der Waals surface area contributed by atoms with Crippen LogP contribution in [0, 0.1) is 17.6 Å². The molecular formula is C28H29F2N2O3+. The third-order valence-corrected chi connectivity index (χ3v) is 6.97. The van der Waals surface area contributed by atoms with Gasteiger partial charge < -0.3 is 15.0 Å². The number of hydrogen-bond donors (Lipinski definition) is 1. The molecule has 1 fully saturated rings. The molecule has 0 bridgehead atoms. The van der Waals surface area contributed by atoms with Crippen LogP contribution in [0.5, 0.6) is 0 Å². The van der Waals surface area contributed by atoms with Gasteiger partial charge in [-0.3, -0.25) is 4.79 Å². The Bertz CT molecular complexity index is 1140. The first-order valence-corrected chi connectivity index (χ1v) is 11.6. The van der Waals surface area contributed by atoms with E-state index in [2.05, 4.69) is 0 Å². The van der Waals surface area contributed by atoms with Gasteiger partial charge in [0.05, 0.1) is 20.1 Å². The average molecular weight is 480 g/mol. The molecular weight excluding hydrogens is 450 g/mol. The lowest BCUT2D eigenvalue weighted by Gasteiger charge is -2.38. The monoisotopic (exact) mass is 479 g/mol. The van der Waals surface area contributed by atoms with Gasteiger partial charge >= 0.3 is 5.97 Å². The molecule has 3 aromatic rings. The van der Waals surface area contributed by atoms with Crippen LogP contribution < -0.4 is 5.73 Å². The van der Waals surface area contributed by atoms with Gasteiger partial charge in [-0.2, -0.15) is 0 Å². The minimum absolute atomic E-state index is 0.0761. The Balaban J connectivity index is 1.55. The van der Waals surface area contributed by atoms with Crippen molar-refractivity contribution in [2.24, 2.45) is 11.7 Å². The number of rotatable bonds is 8. The quantitative estimate of drug-likeness (QED) is 0.393. The summed E-state index contributed by atoms with van der Waals surface area (Å²) in [6, 6.07) is 22.1. The number of hydrogen-bond acceptors (Lipinski definition) is 3. The van der Waals surface area contributed by atoms with Gasteiger partial charge in [0.2, 0.25) is 5.91 Å². The van der Waals surface area contributed by atoms with Crippen LogP contribution in [0.3, 0.4) is 0 Å². The number of likely N-dealkylation sites (tertiary alicyclic amines) is 1. The molecule has 0 spiro atoms. The zero-order chi connectivity index (χ0) is 25.1. The number of primary amides is 1. The molecule has 3 aromatic carbocycles. The lowest BCUT2D eigenvalue weighted by molar-refractivity contribution is -0.892. The Morgan fingerprint density at radius 2 is 1.51 bits per heavy atom. The fourth-order valence-electron chi connectivity index (χ4n) is 5.42. The van der Waals surface area contributed by atoms with E-state index in [1.165, 1.54) is 0 Å². The standard InChI is InChI=1S/C28H28F2N2O3/c1-32(18-26(33)35-19-20-14-24(29)16-25(30)15-20)13-12-23(17-32)28(27(31)34,21-8-4-2-5-9-21)22-10-6-3-7-11-22/h2-11,14-16,23H,12-13,17-19H2,1H3,(H-,31,34)/p+1/t23-,32?/m1/s1. The molecule has 1 aliphatic heterocycles. The van der Waals surface area contributed by atoms with E-state index in [-0.39, 0.29) is 24.6 Å². The van der Waals surface area contributed by atoms with Crippen LogP contribution in [-0.2, 0) is 26.3 Å². The van der Waals surface area contributed by atoms with E-state index in [0.717, 1.165) is 29.3 Å². The molecule has 182 valence electrons. The number of carbonyl (C=O) groups is 2. The lowest BCUT2D eigenvalue weighted by Crippen LogP contribution is -2.52. The Kier molecular flexibility index (Phi) is 6.98. The van der Waals surface area contributed by atoms with E-state index in [1.54, 1.807) is 0 Å². The van der Waals surface area contributed by atoms with E-state index >= 15 is 0 Å². The van der Waals surface area contributed by atoms with Crippen LogP contribution >= 0.6 is 0 Å². The second-order valence-electron chi connectivity index (χ2n) is 9.51. The molecule has 1 saturated heterocycles. The summed E-state index contributed by atoms with van der Waals surface area (Å²) in [7, 11) is 1.95. The normalized spacial score (nSPS) is 19.9. The predicted molar refractivity (Wildman–Crippen MR) is 128 cm³/mol. The van der Waals surface area contributed by atoms with Crippen molar-refractivity contribution in [3.05, 3.63) is 107 Å². The second kappa shape index (κ2) is 9.96. The number of ether oxygens (including phenoxy) is 1. The van der Waals surface area contributed by atoms with E-state index in [4.69, 9.17) is 10.5 Å². The molecule has 0 aromatic heterocycles. The number of quaternary nitrogens is 1. The molecule has 2 N–H and O–H groups in total. The smallest absolute Gasteiger partial charge is 0.362 e. The zero-order valence-electron chi connectivity index (χ0n) is 19.6. The molecule has 1 unspecified atom stereocenters. The van der Waals surface area contributed by atoms with Crippen molar-refractivity contribution in [2.45, 2.75) is 18.4 Å². The number of likely N-dealkylation sites (N-methyl/N-ethyl adjacent to an activating group) is 1. The number of benzene rings is 3. The number of halogens is 2. The molecule has 0 saturated carbocycles. The molecule has 4 rings (SSSR count). The van der Waals surface area contributed by atoms with Crippen LogP contribution in [0.2, 0.25) is 0 Å². The highest BCUT2D eigenvalue weighted by Crippen LogP contribution is 2.45. The Hall–Kier alpha value is -3.58. The topological polar surface area (TPSA) is 69.4 Å². The van der Waals surface area contributed by atoms with Crippen molar-refractivity contribution in [1.82, 2.24) is 0 Å². The van der Waals surface area contributed by atoms with Crippen LogP contribution in [0.4, 0.5) is 8.78 Å². The van der Waals surface area contributed by atoms with Gasteiger partial charge in [-0.1, -0.05) is 60.7 Å². The van der Waals surface area contributed by atoms with E-state index < -0.39 is 28.9 Å². The van der Waals surface area contributed by atoms with Gasteiger partial charge in [-0.25, -0.2) is 13.6 Å². The van der Waals surface area contributed by atoms with Crippen molar-refractivity contribution in [3.8, 4) is 0 Å². The fraction of sp³-hybridized carbons (Fsp3) is 0.286. The van der Waals surface area contributed by atoms with Gasteiger partial charge in [0.1, 0.15) is 23.7 Å². The molecule has 7 heteroatoms. The fourth-order valence-corrected chi connectivity index (χ4v) is 5.42. The lowest BCUT2D eigenvalue weighted by atomic mass is 9.64. The number of carbonyl (C=O) groups excluding carboxylic acids is 2.